The second-order valence-electron chi connectivity index (χ2n) is 6.93. The van der Waals surface area contributed by atoms with Crippen molar-refractivity contribution in [3.63, 3.8) is 0 Å². The highest BCUT2D eigenvalue weighted by molar-refractivity contribution is 14.0. The molecule has 160 valence electrons. The number of rotatable bonds is 7. The van der Waals surface area contributed by atoms with Crippen molar-refractivity contribution in [3.8, 4) is 0 Å². The van der Waals surface area contributed by atoms with Crippen LogP contribution < -0.4 is 15.5 Å². The summed E-state index contributed by atoms with van der Waals surface area (Å²) in [7, 11) is 5.37. The van der Waals surface area contributed by atoms with E-state index in [1.807, 2.05) is 49.2 Å². The molecule has 3 aromatic rings. The highest BCUT2D eigenvalue weighted by Gasteiger charge is 2.07. The highest BCUT2D eigenvalue weighted by Crippen LogP contribution is 2.18. The number of halogens is 2. The van der Waals surface area contributed by atoms with Crippen molar-refractivity contribution in [2.75, 3.05) is 26.0 Å². The zero-order valence-corrected chi connectivity index (χ0v) is 19.8. The maximum Gasteiger partial charge on any atom is 0.191 e. The van der Waals surface area contributed by atoms with Gasteiger partial charge in [-0.25, -0.2) is 4.39 Å². The molecular formula is C22H28FIN6. The molecule has 2 aromatic carbocycles. The van der Waals surface area contributed by atoms with Crippen molar-refractivity contribution >= 4 is 35.6 Å². The van der Waals surface area contributed by atoms with Gasteiger partial charge in [0.25, 0.3) is 0 Å². The number of aliphatic imine (C=N–C) groups is 1. The lowest BCUT2D eigenvalue weighted by Gasteiger charge is -2.16. The number of nitrogens with zero attached hydrogens (tertiary/aromatic N) is 4. The average molecular weight is 522 g/mol. The maximum absolute atomic E-state index is 14.2. The number of hydrogen-bond acceptors (Lipinski definition) is 3. The van der Waals surface area contributed by atoms with Crippen molar-refractivity contribution in [3.05, 3.63) is 83.4 Å². The third kappa shape index (κ3) is 6.45. The van der Waals surface area contributed by atoms with E-state index in [9.17, 15) is 4.39 Å². The van der Waals surface area contributed by atoms with E-state index in [1.54, 1.807) is 30.3 Å². The molecule has 2 N–H and O–H groups in total. The molecule has 0 unspecified atom stereocenters. The molecule has 6 nitrogen and oxygen atoms in total. The van der Waals surface area contributed by atoms with Crippen LogP contribution in [0.1, 0.15) is 16.7 Å². The van der Waals surface area contributed by atoms with E-state index in [0.717, 1.165) is 5.56 Å². The summed E-state index contributed by atoms with van der Waals surface area (Å²) in [6, 6.07) is 15.4. The second-order valence-corrected chi connectivity index (χ2v) is 6.93. The van der Waals surface area contributed by atoms with Crippen molar-refractivity contribution in [2.24, 2.45) is 4.99 Å². The molecule has 0 atom stereocenters. The minimum absolute atomic E-state index is 0. The zero-order valence-electron chi connectivity index (χ0n) is 17.5. The van der Waals surface area contributed by atoms with Crippen molar-refractivity contribution < 1.29 is 4.39 Å². The van der Waals surface area contributed by atoms with E-state index in [4.69, 9.17) is 0 Å². The van der Waals surface area contributed by atoms with Gasteiger partial charge < -0.3 is 15.5 Å². The first kappa shape index (κ1) is 23.7. The molecule has 0 aliphatic heterocycles. The molecule has 0 fully saturated rings. The summed E-state index contributed by atoms with van der Waals surface area (Å²) in [6.07, 6.45) is 3.73. The Morgan fingerprint density at radius 1 is 1.07 bits per heavy atom. The van der Waals surface area contributed by atoms with Crippen LogP contribution in [-0.4, -0.2) is 36.9 Å². The average Bonchev–Trinajstić information content (AvgIpc) is 3.22. The first-order chi connectivity index (χ1) is 14.1. The van der Waals surface area contributed by atoms with E-state index >= 15 is 0 Å². The summed E-state index contributed by atoms with van der Waals surface area (Å²) >= 11 is 0. The van der Waals surface area contributed by atoms with E-state index in [0.29, 0.717) is 31.3 Å². The Labute approximate surface area is 194 Å². The van der Waals surface area contributed by atoms with Gasteiger partial charge in [-0.3, -0.25) is 9.67 Å². The smallest absolute Gasteiger partial charge is 0.191 e. The lowest BCUT2D eigenvalue weighted by Crippen LogP contribution is -2.36. The van der Waals surface area contributed by atoms with Crippen LogP contribution in [0.25, 0.3) is 0 Å². The minimum atomic E-state index is -0.232. The molecule has 0 saturated carbocycles. The summed E-state index contributed by atoms with van der Waals surface area (Å²) < 4.78 is 16.1. The van der Waals surface area contributed by atoms with Gasteiger partial charge in [-0.05, 0) is 34.9 Å². The monoisotopic (exact) mass is 522 g/mol. The summed E-state index contributed by atoms with van der Waals surface area (Å²) in [5.41, 5.74) is 3.80. The van der Waals surface area contributed by atoms with Gasteiger partial charge in [-0.15, -0.1) is 24.0 Å². The fraction of sp³-hybridized carbons (Fsp3) is 0.273. The summed E-state index contributed by atoms with van der Waals surface area (Å²) in [5.74, 6) is 0.431. The Hall–Kier alpha value is -2.62. The first-order valence-electron chi connectivity index (χ1n) is 9.51. The standard InChI is InChI=1S/C22H27FN6.HI/c1-24-22(25-14-17-9-10-21(28(2)3)20(23)13-17)26-15-18-7-4-5-8-19(18)16-29-12-6-11-27-29;/h4-13H,14-16H2,1-3H3,(H2,24,25,26);1H. The number of anilines is 1. The van der Waals surface area contributed by atoms with E-state index in [1.165, 1.54) is 11.1 Å². The summed E-state index contributed by atoms with van der Waals surface area (Å²) in [6.45, 7) is 1.83. The Morgan fingerprint density at radius 3 is 2.43 bits per heavy atom. The largest absolute Gasteiger partial charge is 0.375 e. The van der Waals surface area contributed by atoms with Gasteiger partial charge in [0.15, 0.2) is 5.96 Å². The number of hydrogen-bond donors (Lipinski definition) is 2. The Balaban J connectivity index is 0.00000320. The molecule has 8 heteroatoms. The minimum Gasteiger partial charge on any atom is -0.375 e. The molecule has 0 saturated heterocycles. The predicted octanol–water partition coefficient (Wildman–Crippen LogP) is 3.62. The van der Waals surface area contributed by atoms with Gasteiger partial charge >= 0.3 is 0 Å². The van der Waals surface area contributed by atoms with Crippen LogP contribution in [0.4, 0.5) is 10.1 Å². The van der Waals surface area contributed by atoms with Crippen LogP contribution in [-0.2, 0) is 19.6 Å². The lowest BCUT2D eigenvalue weighted by atomic mass is 10.1. The number of aromatic nitrogens is 2. The quantitative estimate of drug-likeness (QED) is 0.283. The normalized spacial score (nSPS) is 11.0. The zero-order chi connectivity index (χ0) is 20.6. The van der Waals surface area contributed by atoms with Crippen molar-refractivity contribution in [2.45, 2.75) is 19.6 Å². The molecule has 0 radical (unpaired) electrons. The van der Waals surface area contributed by atoms with Crippen molar-refractivity contribution in [1.29, 1.82) is 0 Å². The fourth-order valence-corrected chi connectivity index (χ4v) is 3.06. The number of nitrogens with one attached hydrogen (secondary N) is 2. The van der Waals surface area contributed by atoms with Gasteiger partial charge in [0.2, 0.25) is 0 Å². The van der Waals surface area contributed by atoms with Gasteiger partial charge in [0, 0.05) is 46.6 Å². The SMILES string of the molecule is CN=C(NCc1ccc(N(C)C)c(F)c1)NCc1ccccc1Cn1cccn1.I. The molecule has 30 heavy (non-hydrogen) atoms. The Bertz CT molecular complexity index is 956. The van der Waals surface area contributed by atoms with Crippen LogP contribution in [0.5, 0.6) is 0 Å². The van der Waals surface area contributed by atoms with Gasteiger partial charge in [0.1, 0.15) is 5.82 Å². The number of guanidine groups is 1. The summed E-state index contributed by atoms with van der Waals surface area (Å²) in [5, 5.41) is 10.8. The molecular weight excluding hydrogens is 494 g/mol. The lowest BCUT2D eigenvalue weighted by molar-refractivity contribution is 0.623. The van der Waals surface area contributed by atoms with Crippen LogP contribution >= 0.6 is 24.0 Å². The molecule has 0 bridgehead atoms. The van der Waals surface area contributed by atoms with E-state index in [2.05, 4.69) is 32.9 Å². The first-order valence-corrected chi connectivity index (χ1v) is 9.51. The summed E-state index contributed by atoms with van der Waals surface area (Å²) in [4.78, 5) is 6.02. The molecule has 0 spiro atoms. The van der Waals surface area contributed by atoms with Gasteiger partial charge in [-0.2, -0.15) is 5.10 Å². The molecule has 1 heterocycles. The van der Waals surface area contributed by atoms with E-state index in [-0.39, 0.29) is 29.8 Å². The maximum atomic E-state index is 14.2. The van der Waals surface area contributed by atoms with E-state index < -0.39 is 0 Å². The van der Waals surface area contributed by atoms with Gasteiger partial charge in [0.05, 0.1) is 12.2 Å². The Morgan fingerprint density at radius 2 is 1.80 bits per heavy atom. The fourth-order valence-electron chi connectivity index (χ4n) is 3.06. The highest BCUT2D eigenvalue weighted by atomic mass is 127. The molecule has 3 rings (SSSR count). The molecule has 0 amide bonds. The third-order valence-corrected chi connectivity index (χ3v) is 4.63. The van der Waals surface area contributed by atoms with Crippen LogP contribution in [0.3, 0.4) is 0 Å². The third-order valence-electron chi connectivity index (χ3n) is 4.63. The molecule has 0 aliphatic carbocycles. The second kappa shape index (κ2) is 11.5. The number of benzene rings is 2. The van der Waals surface area contributed by atoms with Gasteiger partial charge in [-0.1, -0.05) is 30.3 Å². The van der Waals surface area contributed by atoms with Crippen molar-refractivity contribution in [1.82, 2.24) is 20.4 Å². The predicted molar refractivity (Wildman–Crippen MR) is 131 cm³/mol. The Kier molecular flexibility index (Phi) is 9.10. The topological polar surface area (TPSA) is 57.5 Å². The van der Waals surface area contributed by atoms with Crippen LogP contribution in [0.15, 0.2) is 65.9 Å². The molecule has 1 aromatic heterocycles. The molecule has 0 aliphatic rings. The van der Waals surface area contributed by atoms with Crippen LogP contribution in [0, 0.1) is 5.82 Å². The van der Waals surface area contributed by atoms with Crippen LogP contribution in [0.2, 0.25) is 0 Å².